The van der Waals surface area contributed by atoms with E-state index in [2.05, 4.69) is 10.0 Å². The van der Waals surface area contributed by atoms with Gasteiger partial charge in [-0.05, 0) is 31.0 Å². The van der Waals surface area contributed by atoms with Crippen molar-refractivity contribution < 1.29 is 18.3 Å². The van der Waals surface area contributed by atoms with Gasteiger partial charge in [0.2, 0.25) is 15.9 Å². The molecule has 0 saturated carbocycles. The number of anilines is 1. The lowest BCUT2D eigenvalue weighted by Crippen LogP contribution is -2.32. The lowest BCUT2D eigenvalue weighted by Gasteiger charge is -2.14. The molecule has 1 amide bonds. The fourth-order valence-corrected chi connectivity index (χ4v) is 3.23. The third kappa shape index (κ3) is 5.45. The number of aryl methyl sites for hydroxylation is 1. The van der Waals surface area contributed by atoms with Crippen LogP contribution in [0.4, 0.5) is 5.69 Å². The molecule has 0 bridgehead atoms. The predicted octanol–water partition coefficient (Wildman–Crippen LogP) is 1.39. The summed E-state index contributed by atoms with van der Waals surface area (Å²) in [6.45, 7) is 4.92. The molecule has 0 aliphatic carbocycles. The Labute approximate surface area is 125 Å². The number of aliphatic hydroxyl groups excluding tert-OH is 1. The van der Waals surface area contributed by atoms with Crippen LogP contribution in [0.5, 0.6) is 0 Å². The first kappa shape index (κ1) is 17.6. The Morgan fingerprint density at radius 2 is 2.05 bits per heavy atom. The second kappa shape index (κ2) is 7.53. The first-order valence-corrected chi connectivity index (χ1v) is 8.30. The first-order valence-electron chi connectivity index (χ1n) is 6.82. The van der Waals surface area contributed by atoms with E-state index in [4.69, 9.17) is 0 Å². The van der Waals surface area contributed by atoms with Gasteiger partial charge < -0.3 is 10.4 Å². The number of hydrogen-bond donors (Lipinski definition) is 3. The number of sulfonamides is 1. The van der Waals surface area contributed by atoms with E-state index in [0.717, 1.165) is 6.42 Å². The van der Waals surface area contributed by atoms with Crippen LogP contribution in [-0.2, 0) is 14.8 Å². The normalized spacial score (nSPS) is 13.0. The number of aliphatic hydroxyl groups is 1. The quantitative estimate of drug-likeness (QED) is 0.709. The van der Waals surface area contributed by atoms with Crippen LogP contribution in [0.1, 0.15) is 32.3 Å². The van der Waals surface area contributed by atoms with Crippen LogP contribution < -0.4 is 10.0 Å². The molecule has 0 spiro atoms. The SMILES string of the molecule is CCCC(O)CNS(=O)(=O)c1cc(NC(C)=O)ccc1C. The summed E-state index contributed by atoms with van der Waals surface area (Å²) in [6.07, 6.45) is 0.608. The molecular formula is C14H22N2O4S. The number of nitrogens with one attached hydrogen (secondary N) is 2. The maximum Gasteiger partial charge on any atom is 0.240 e. The first-order chi connectivity index (χ1) is 9.76. The van der Waals surface area contributed by atoms with E-state index in [-0.39, 0.29) is 17.3 Å². The van der Waals surface area contributed by atoms with Gasteiger partial charge in [-0.1, -0.05) is 19.4 Å². The molecule has 0 saturated heterocycles. The van der Waals surface area contributed by atoms with Crippen molar-refractivity contribution in [3.05, 3.63) is 23.8 Å². The zero-order chi connectivity index (χ0) is 16.0. The minimum atomic E-state index is -3.72. The monoisotopic (exact) mass is 314 g/mol. The molecule has 0 radical (unpaired) electrons. The summed E-state index contributed by atoms with van der Waals surface area (Å²) in [5, 5.41) is 12.2. The summed E-state index contributed by atoms with van der Waals surface area (Å²) in [4.78, 5) is 11.1. The highest BCUT2D eigenvalue weighted by molar-refractivity contribution is 7.89. The van der Waals surface area contributed by atoms with E-state index in [0.29, 0.717) is 17.7 Å². The number of carbonyl (C=O) groups excluding carboxylic acids is 1. The summed E-state index contributed by atoms with van der Waals surface area (Å²) >= 11 is 0. The van der Waals surface area contributed by atoms with Crippen molar-refractivity contribution in [2.24, 2.45) is 0 Å². The highest BCUT2D eigenvalue weighted by Gasteiger charge is 2.18. The van der Waals surface area contributed by atoms with E-state index in [1.807, 2.05) is 6.92 Å². The van der Waals surface area contributed by atoms with Crippen molar-refractivity contribution >= 4 is 21.6 Å². The van der Waals surface area contributed by atoms with Crippen LogP contribution >= 0.6 is 0 Å². The molecule has 1 rings (SSSR count). The number of carbonyl (C=O) groups is 1. The Balaban J connectivity index is 2.93. The predicted molar refractivity (Wildman–Crippen MR) is 81.6 cm³/mol. The van der Waals surface area contributed by atoms with Crippen LogP contribution in [0.25, 0.3) is 0 Å². The Morgan fingerprint density at radius 3 is 2.62 bits per heavy atom. The molecule has 6 nitrogen and oxygen atoms in total. The van der Waals surface area contributed by atoms with Gasteiger partial charge in [-0.15, -0.1) is 0 Å². The average molecular weight is 314 g/mol. The van der Waals surface area contributed by atoms with Crippen LogP contribution in [0, 0.1) is 6.92 Å². The van der Waals surface area contributed by atoms with E-state index >= 15 is 0 Å². The van der Waals surface area contributed by atoms with Crippen molar-refractivity contribution in [2.45, 2.75) is 44.6 Å². The van der Waals surface area contributed by atoms with Crippen molar-refractivity contribution in [1.82, 2.24) is 4.72 Å². The molecule has 1 atom stereocenters. The number of hydrogen-bond acceptors (Lipinski definition) is 4. The Bertz CT molecular complexity index is 599. The van der Waals surface area contributed by atoms with Gasteiger partial charge in [0.1, 0.15) is 0 Å². The Kier molecular flexibility index (Phi) is 6.32. The lowest BCUT2D eigenvalue weighted by atomic mass is 10.2. The molecule has 0 aromatic heterocycles. The van der Waals surface area contributed by atoms with E-state index in [9.17, 15) is 18.3 Å². The zero-order valence-corrected chi connectivity index (χ0v) is 13.3. The molecule has 1 unspecified atom stereocenters. The maximum absolute atomic E-state index is 12.3. The lowest BCUT2D eigenvalue weighted by molar-refractivity contribution is -0.114. The second-order valence-electron chi connectivity index (χ2n) is 4.96. The molecule has 0 heterocycles. The van der Waals surface area contributed by atoms with Crippen molar-refractivity contribution in [3.8, 4) is 0 Å². The molecular weight excluding hydrogens is 292 g/mol. The molecule has 0 aliphatic rings. The number of amides is 1. The number of benzene rings is 1. The molecule has 0 aliphatic heterocycles. The van der Waals surface area contributed by atoms with Crippen molar-refractivity contribution in [2.75, 3.05) is 11.9 Å². The largest absolute Gasteiger partial charge is 0.392 e. The van der Waals surface area contributed by atoms with Crippen molar-refractivity contribution in [1.29, 1.82) is 0 Å². The zero-order valence-electron chi connectivity index (χ0n) is 12.5. The topological polar surface area (TPSA) is 95.5 Å². The van der Waals surface area contributed by atoms with Gasteiger partial charge in [0.15, 0.2) is 0 Å². The van der Waals surface area contributed by atoms with Gasteiger partial charge in [0.05, 0.1) is 11.0 Å². The van der Waals surface area contributed by atoms with Crippen LogP contribution in [0.3, 0.4) is 0 Å². The summed E-state index contributed by atoms with van der Waals surface area (Å²) in [5.41, 5.74) is 0.990. The second-order valence-corrected chi connectivity index (χ2v) is 6.69. The summed E-state index contributed by atoms with van der Waals surface area (Å²) < 4.78 is 26.9. The Hall–Kier alpha value is -1.44. The highest BCUT2D eigenvalue weighted by atomic mass is 32.2. The number of rotatable bonds is 7. The van der Waals surface area contributed by atoms with Gasteiger partial charge in [0, 0.05) is 19.2 Å². The third-order valence-corrected chi connectivity index (χ3v) is 4.49. The minimum absolute atomic E-state index is 0.0278. The van der Waals surface area contributed by atoms with Gasteiger partial charge in [-0.2, -0.15) is 0 Å². The van der Waals surface area contributed by atoms with Crippen LogP contribution in [0.2, 0.25) is 0 Å². The van der Waals surface area contributed by atoms with Crippen LogP contribution in [0.15, 0.2) is 23.1 Å². The van der Waals surface area contributed by atoms with E-state index in [1.165, 1.54) is 13.0 Å². The van der Waals surface area contributed by atoms with Gasteiger partial charge in [0.25, 0.3) is 0 Å². The third-order valence-electron chi connectivity index (χ3n) is 2.93. The maximum atomic E-state index is 12.3. The highest BCUT2D eigenvalue weighted by Crippen LogP contribution is 2.20. The van der Waals surface area contributed by atoms with Gasteiger partial charge in [-0.25, -0.2) is 13.1 Å². The molecule has 7 heteroatoms. The molecule has 1 aromatic rings. The fraction of sp³-hybridized carbons (Fsp3) is 0.500. The van der Waals surface area contributed by atoms with E-state index in [1.54, 1.807) is 19.1 Å². The molecule has 0 fully saturated rings. The standard InChI is InChI=1S/C14H22N2O4S/c1-4-5-13(18)9-15-21(19,20)14-8-12(16-11(3)17)7-6-10(14)2/h6-8,13,15,18H,4-5,9H2,1-3H3,(H,16,17). The average Bonchev–Trinajstić information content (AvgIpc) is 2.38. The molecule has 1 aromatic carbocycles. The minimum Gasteiger partial charge on any atom is -0.392 e. The summed E-state index contributed by atoms with van der Waals surface area (Å²) in [5.74, 6) is -0.270. The van der Waals surface area contributed by atoms with Crippen LogP contribution in [-0.4, -0.2) is 32.1 Å². The van der Waals surface area contributed by atoms with Crippen molar-refractivity contribution in [3.63, 3.8) is 0 Å². The van der Waals surface area contributed by atoms with Gasteiger partial charge in [-0.3, -0.25) is 4.79 Å². The van der Waals surface area contributed by atoms with Gasteiger partial charge >= 0.3 is 0 Å². The summed E-state index contributed by atoms with van der Waals surface area (Å²) in [7, 11) is -3.72. The molecule has 3 N–H and O–H groups in total. The summed E-state index contributed by atoms with van der Waals surface area (Å²) in [6, 6.07) is 4.68. The Morgan fingerprint density at radius 1 is 1.38 bits per heavy atom. The fourth-order valence-electron chi connectivity index (χ4n) is 1.89. The van der Waals surface area contributed by atoms with E-state index < -0.39 is 16.1 Å². The molecule has 21 heavy (non-hydrogen) atoms. The molecule has 118 valence electrons. The smallest absolute Gasteiger partial charge is 0.240 e.